The molecule has 1 aliphatic rings. The van der Waals surface area contributed by atoms with Crippen molar-refractivity contribution in [3.8, 4) is 0 Å². The molecule has 1 saturated heterocycles. The number of benzene rings is 1. The summed E-state index contributed by atoms with van der Waals surface area (Å²) in [6.07, 6.45) is 5.74. The first kappa shape index (κ1) is 16.7. The predicted octanol–water partition coefficient (Wildman–Crippen LogP) is 4.20. The van der Waals surface area contributed by atoms with E-state index in [1.54, 1.807) is 12.1 Å². The van der Waals surface area contributed by atoms with Crippen LogP contribution in [0.15, 0.2) is 24.3 Å². The van der Waals surface area contributed by atoms with Gasteiger partial charge in [-0.05, 0) is 37.3 Å². The Balaban J connectivity index is 1.52. The first-order valence-electron chi connectivity index (χ1n) is 7.54. The van der Waals surface area contributed by atoms with Crippen LogP contribution in [-0.2, 0) is 11.2 Å². The monoisotopic (exact) mass is 327 g/mol. The molecule has 116 valence electrons. The van der Waals surface area contributed by atoms with E-state index in [2.05, 4.69) is 5.32 Å². The van der Waals surface area contributed by atoms with Gasteiger partial charge in [-0.2, -0.15) is 0 Å². The lowest BCUT2D eigenvalue weighted by molar-refractivity contribution is -0.121. The van der Waals surface area contributed by atoms with Crippen LogP contribution >= 0.6 is 21.6 Å². The second kappa shape index (κ2) is 9.36. The fourth-order valence-electron chi connectivity index (χ4n) is 2.35. The summed E-state index contributed by atoms with van der Waals surface area (Å²) in [5, 5.41) is 3.66. The Bertz CT molecular complexity index is 450. The molecule has 0 bridgehead atoms. The van der Waals surface area contributed by atoms with E-state index >= 15 is 0 Å². The number of hydrogen-bond donors (Lipinski definition) is 1. The van der Waals surface area contributed by atoms with Crippen LogP contribution in [0.2, 0.25) is 0 Å². The summed E-state index contributed by atoms with van der Waals surface area (Å²) in [5.74, 6) is 1.16. The fraction of sp³-hybridized carbons (Fsp3) is 0.562. The van der Waals surface area contributed by atoms with Crippen molar-refractivity contribution in [2.75, 3.05) is 12.3 Å². The lowest BCUT2D eigenvalue weighted by Crippen LogP contribution is -2.25. The molecule has 1 atom stereocenters. The highest BCUT2D eigenvalue weighted by molar-refractivity contribution is 8.77. The van der Waals surface area contributed by atoms with Gasteiger partial charge in [0.2, 0.25) is 5.91 Å². The van der Waals surface area contributed by atoms with E-state index in [9.17, 15) is 9.18 Å². The smallest absolute Gasteiger partial charge is 0.220 e. The van der Waals surface area contributed by atoms with Crippen LogP contribution in [0.4, 0.5) is 4.39 Å². The molecule has 1 aromatic rings. The number of amides is 1. The summed E-state index contributed by atoms with van der Waals surface area (Å²) in [4.78, 5) is 11.7. The zero-order chi connectivity index (χ0) is 14.9. The second-order valence-electron chi connectivity index (χ2n) is 5.27. The fourth-order valence-corrected chi connectivity index (χ4v) is 5.38. The van der Waals surface area contributed by atoms with Crippen molar-refractivity contribution >= 4 is 27.5 Å². The van der Waals surface area contributed by atoms with E-state index in [1.165, 1.54) is 24.7 Å². The van der Waals surface area contributed by atoms with Crippen LogP contribution in [0, 0.1) is 5.82 Å². The van der Waals surface area contributed by atoms with Crippen molar-refractivity contribution in [3.05, 3.63) is 35.6 Å². The number of carbonyl (C=O) groups excluding carboxylic acids is 1. The van der Waals surface area contributed by atoms with Gasteiger partial charge >= 0.3 is 0 Å². The Labute approximate surface area is 134 Å². The van der Waals surface area contributed by atoms with Gasteiger partial charge in [0.05, 0.1) is 0 Å². The molecule has 21 heavy (non-hydrogen) atoms. The first-order chi connectivity index (χ1) is 10.3. The highest BCUT2D eigenvalue weighted by atomic mass is 33.1. The van der Waals surface area contributed by atoms with Gasteiger partial charge in [-0.15, -0.1) is 0 Å². The highest BCUT2D eigenvalue weighted by Crippen LogP contribution is 2.39. The molecule has 2 rings (SSSR count). The molecule has 1 amide bonds. The zero-order valence-electron chi connectivity index (χ0n) is 12.1. The molecule has 1 unspecified atom stereocenters. The van der Waals surface area contributed by atoms with Gasteiger partial charge in [0.15, 0.2) is 0 Å². The Morgan fingerprint density at radius 3 is 2.95 bits per heavy atom. The Kier molecular flexibility index (Phi) is 7.44. The molecule has 1 aliphatic heterocycles. The standard InChI is InChI=1S/C16H22FNOS2/c17-15-7-3-1-5-13(15)9-11-18-16(19)8-4-2-6-14-10-12-20-21-14/h1,3,5,7,14H,2,4,6,8-12H2,(H,18,19). The Morgan fingerprint density at radius 2 is 2.19 bits per heavy atom. The summed E-state index contributed by atoms with van der Waals surface area (Å²) >= 11 is 0. The van der Waals surface area contributed by atoms with E-state index in [4.69, 9.17) is 0 Å². The Hall–Kier alpha value is -0.680. The average Bonchev–Trinajstić information content (AvgIpc) is 2.99. The maximum absolute atomic E-state index is 13.4. The third-order valence-corrected chi connectivity index (χ3v) is 6.59. The molecule has 1 fully saturated rings. The van der Waals surface area contributed by atoms with Gasteiger partial charge in [-0.3, -0.25) is 4.79 Å². The minimum absolute atomic E-state index is 0.0831. The number of nitrogens with one attached hydrogen (secondary N) is 1. The van der Waals surface area contributed by atoms with Crippen LogP contribution in [0.25, 0.3) is 0 Å². The van der Waals surface area contributed by atoms with Gasteiger partial charge in [0.25, 0.3) is 0 Å². The van der Waals surface area contributed by atoms with Crippen LogP contribution < -0.4 is 5.32 Å². The van der Waals surface area contributed by atoms with E-state index in [1.807, 2.05) is 27.7 Å². The third-order valence-electron chi connectivity index (χ3n) is 3.58. The van der Waals surface area contributed by atoms with Crippen molar-refractivity contribution in [2.45, 2.75) is 43.8 Å². The normalized spacial score (nSPS) is 17.9. The minimum atomic E-state index is -0.196. The lowest BCUT2D eigenvalue weighted by atomic mass is 10.1. The number of carbonyl (C=O) groups is 1. The number of rotatable bonds is 8. The van der Waals surface area contributed by atoms with E-state index in [0.29, 0.717) is 24.9 Å². The SMILES string of the molecule is O=C(CCCCC1CCSS1)NCCc1ccccc1F. The van der Waals surface area contributed by atoms with Crippen molar-refractivity contribution < 1.29 is 9.18 Å². The zero-order valence-corrected chi connectivity index (χ0v) is 13.8. The van der Waals surface area contributed by atoms with Crippen molar-refractivity contribution in [1.82, 2.24) is 5.32 Å². The summed E-state index contributed by atoms with van der Waals surface area (Å²) < 4.78 is 13.4. The molecule has 0 saturated carbocycles. The molecule has 0 spiro atoms. The molecule has 2 nitrogen and oxygen atoms in total. The van der Waals surface area contributed by atoms with Crippen LogP contribution in [0.1, 0.15) is 37.7 Å². The maximum Gasteiger partial charge on any atom is 0.220 e. The highest BCUT2D eigenvalue weighted by Gasteiger charge is 2.15. The lowest BCUT2D eigenvalue weighted by Gasteiger charge is -2.08. The number of halogens is 1. The third kappa shape index (κ3) is 6.30. The van der Waals surface area contributed by atoms with Gasteiger partial charge in [-0.25, -0.2) is 4.39 Å². The Morgan fingerprint density at radius 1 is 1.33 bits per heavy atom. The first-order valence-corrected chi connectivity index (χ1v) is 9.92. The molecule has 1 N–H and O–H groups in total. The van der Waals surface area contributed by atoms with Gasteiger partial charge in [0.1, 0.15) is 5.82 Å². The summed E-state index contributed by atoms with van der Waals surface area (Å²) in [6.45, 7) is 0.509. The van der Waals surface area contributed by atoms with E-state index in [0.717, 1.165) is 18.1 Å². The summed E-state index contributed by atoms with van der Waals surface area (Å²) in [7, 11) is 3.96. The average molecular weight is 327 g/mol. The van der Waals surface area contributed by atoms with E-state index < -0.39 is 0 Å². The molecule has 5 heteroatoms. The summed E-state index contributed by atoms with van der Waals surface area (Å²) in [5.41, 5.74) is 0.661. The molecule has 0 aromatic heterocycles. The molecular formula is C16H22FNOS2. The molecule has 0 radical (unpaired) electrons. The molecule has 0 aliphatic carbocycles. The van der Waals surface area contributed by atoms with Gasteiger partial charge < -0.3 is 5.32 Å². The van der Waals surface area contributed by atoms with Gasteiger partial charge in [-0.1, -0.05) is 46.2 Å². The van der Waals surface area contributed by atoms with Crippen LogP contribution in [-0.4, -0.2) is 23.5 Å². The van der Waals surface area contributed by atoms with Crippen LogP contribution in [0.5, 0.6) is 0 Å². The second-order valence-corrected chi connectivity index (χ2v) is 8.05. The summed E-state index contributed by atoms with van der Waals surface area (Å²) in [6, 6.07) is 6.72. The van der Waals surface area contributed by atoms with E-state index in [-0.39, 0.29) is 11.7 Å². The maximum atomic E-state index is 13.4. The topological polar surface area (TPSA) is 29.1 Å². The number of unbranched alkanes of at least 4 members (excludes halogenated alkanes) is 1. The van der Waals surface area contributed by atoms with Crippen molar-refractivity contribution in [1.29, 1.82) is 0 Å². The van der Waals surface area contributed by atoms with Crippen molar-refractivity contribution in [2.24, 2.45) is 0 Å². The quantitative estimate of drug-likeness (QED) is 0.573. The van der Waals surface area contributed by atoms with Crippen molar-refractivity contribution in [3.63, 3.8) is 0 Å². The number of hydrogen-bond acceptors (Lipinski definition) is 3. The van der Waals surface area contributed by atoms with Gasteiger partial charge in [0, 0.05) is 24.0 Å². The minimum Gasteiger partial charge on any atom is -0.356 e. The predicted molar refractivity (Wildman–Crippen MR) is 90.0 cm³/mol. The molecule has 1 heterocycles. The molecular weight excluding hydrogens is 305 g/mol. The van der Waals surface area contributed by atoms with Crippen LogP contribution in [0.3, 0.4) is 0 Å². The molecule has 1 aromatic carbocycles. The largest absolute Gasteiger partial charge is 0.356 e.